The Morgan fingerprint density at radius 3 is 2.87 bits per heavy atom. The molecule has 0 unspecified atom stereocenters. The number of benzene rings is 1. The van der Waals surface area contributed by atoms with Crippen molar-refractivity contribution in [2.24, 2.45) is 5.92 Å². The molecule has 0 spiro atoms. The number of hydrogen-bond acceptors (Lipinski definition) is 5. The quantitative estimate of drug-likeness (QED) is 0.878. The summed E-state index contributed by atoms with van der Waals surface area (Å²) >= 11 is 1.34. The molecule has 23 heavy (non-hydrogen) atoms. The summed E-state index contributed by atoms with van der Waals surface area (Å²) in [6.07, 6.45) is 4.43. The smallest absolute Gasteiger partial charge is 0.231 e. The van der Waals surface area contributed by atoms with Crippen LogP contribution >= 0.6 is 11.3 Å². The SMILES string of the molecule is C[C@H]1[C@@H](C(=O)Nc2ncc(-c3ccc(F)cc3)s2)CCN1C#N. The summed E-state index contributed by atoms with van der Waals surface area (Å²) in [5.74, 6) is -0.618. The van der Waals surface area contributed by atoms with E-state index in [1.807, 2.05) is 6.92 Å². The van der Waals surface area contributed by atoms with Crippen LogP contribution in [0.4, 0.5) is 9.52 Å². The highest BCUT2D eigenvalue weighted by atomic mass is 32.1. The summed E-state index contributed by atoms with van der Waals surface area (Å²) in [6.45, 7) is 2.49. The summed E-state index contributed by atoms with van der Waals surface area (Å²) < 4.78 is 13.0. The minimum atomic E-state index is -0.288. The molecule has 1 fully saturated rings. The van der Waals surface area contributed by atoms with E-state index in [9.17, 15) is 9.18 Å². The Labute approximate surface area is 137 Å². The molecule has 0 radical (unpaired) electrons. The third-order valence-corrected chi connectivity index (χ3v) is 5.05. The number of rotatable bonds is 3. The molecule has 0 aliphatic carbocycles. The van der Waals surface area contributed by atoms with Gasteiger partial charge in [-0.15, -0.1) is 0 Å². The number of carbonyl (C=O) groups is 1. The van der Waals surface area contributed by atoms with E-state index in [-0.39, 0.29) is 23.7 Å². The average molecular weight is 330 g/mol. The number of anilines is 1. The Balaban J connectivity index is 1.69. The monoisotopic (exact) mass is 330 g/mol. The second kappa shape index (κ2) is 6.34. The van der Waals surface area contributed by atoms with E-state index in [2.05, 4.69) is 16.5 Å². The molecule has 3 rings (SSSR count). The molecule has 0 saturated carbocycles. The zero-order valence-electron chi connectivity index (χ0n) is 12.5. The van der Waals surface area contributed by atoms with Crippen molar-refractivity contribution in [2.45, 2.75) is 19.4 Å². The first-order valence-electron chi connectivity index (χ1n) is 7.27. The Morgan fingerprint density at radius 2 is 2.22 bits per heavy atom. The van der Waals surface area contributed by atoms with Crippen LogP contribution in [0.15, 0.2) is 30.5 Å². The number of likely N-dealkylation sites (tertiary alicyclic amines) is 1. The fraction of sp³-hybridized carbons (Fsp3) is 0.312. The Morgan fingerprint density at radius 1 is 1.48 bits per heavy atom. The van der Waals surface area contributed by atoms with Crippen LogP contribution in [0.2, 0.25) is 0 Å². The molecular weight excluding hydrogens is 315 g/mol. The summed E-state index contributed by atoms with van der Waals surface area (Å²) in [5.41, 5.74) is 0.856. The molecule has 5 nitrogen and oxygen atoms in total. The highest BCUT2D eigenvalue weighted by Crippen LogP contribution is 2.30. The van der Waals surface area contributed by atoms with Gasteiger partial charge in [0, 0.05) is 18.8 Å². The first-order valence-corrected chi connectivity index (χ1v) is 8.09. The number of aromatic nitrogens is 1. The van der Waals surface area contributed by atoms with Crippen LogP contribution in [0.1, 0.15) is 13.3 Å². The topological polar surface area (TPSA) is 69.0 Å². The zero-order valence-corrected chi connectivity index (χ0v) is 13.3. The van der Waals surface area contributed by atoms with Crippen molar-refractivity contribution in [2.75, 3.05) is 11.9 Å². The van der Waals surface area contributed by atoms with Gasteiger partial charge in [0.15, 0.2) is 11.3 Å². The number of hydrogen-bond donors (Lipinski definition) is 1. The van der Waals surface area contributed by atoms with Crippen molar-refractivity contribution < 1.29 is 9.18 Å². The second-order valence-corrected chi connectivity index (χ2v) is 6.49. The molecular formula is C16H15FN4OS. The molecule has 7 heteroatoms. The van der Waals surface area contributed by atoms with Gasteiger partial charge in [0.05, 0.1) is 10.8 Å². The second-order valence-electron chi connectivity index (χ2n) is 5.45. The molecule has 2 heterocycles. The van der Waals surface area contributed by atoms with Crippen LogP contribution in [0.3, 0.4) is 0 Å². The van der Waals surface area contributed by atoms with Gasteiger partial charge in [0.2, 0.25) is 5.91 Å². The molecule has 1 N–H and O–H groups in total. The fourth-order valence-corrected chi connectivity index (χ4v) is 3.53. The number of nitrogens with zero attached hydrogens (tertiary/aromatic N) is 3. The summed E-state index contributed by atoms with van der Waals surface area (Å²) in [6, 6.07) is 6.04. The summed E-state index contributed by atoms with van der Waals surface area (Å²) in [5, 5.41) is 12.3. The van der Waals surface area contributed by atoms with E-state index in [4.69, 9.17) is 5.26 Å². The lowest BCUT2D eigenvalue weighted by atomic mass is 10.0. The standard InChI is InChI=1S/C16H15FN4OS/c1-10-13(6-7-21(10)9-18)15(22)20-16-19-8-14(23-16)11-2-4-12(17)5-3-11/h2-5,8,10,13H,6-7H2,1H3,(H,19,20,22)/t10-,13-/m0/s1. The predicted octanol–water partition coefficient (Wildman–Crippen LogP) is 3.08. The van der Waals surface area contributed by atoms with Gasteiger partial charge in [0.25, 0.3) is 0 Å². The molecule has 2 aromatic rings. The van der Waals surface area contributed by atoms with E-state index < -0.39 is 0 Å². The van der Waals surface area contributed by atoms with E-state index >= 15 is 0 Å². The van der Waals surface area contributed by atoms with Gasteiger partial charge in [-0.3, -0.25) is 4.79 Å². The maximum Gasteiger partial charge on any atom is 0.231 e. The van der Waals surface area contributed by atoms with E-state index in [1.165, 1.54) is 23.5 Å². The first-order chi connectivity index (χ1) is 11.1. The molecule has 1 aromatic heterocycles. The van der Waals surface area contributed by atoms with Crippen LogP contribution < -0.4 is 5.32 Å². The minimum Gasteiger partial charge on any atom is -0.307 e. The van der Waals surface area contributed by atoms with Gasteiger partial charge < -0.3 is 10.2 Å². The molecule has 1 aliphatic heterocycles. The number of nitrogens with one attached hydrogen (secondary N) is 1. The number of amides is 1. The highest BCUT2D eigenvalue weighted by molar-refractivity contribution is 7.19. The van der Waals surface area contributed by atoms with Crippen molar-refractivity contribution in [3.8, 4) is 16.6 Å². The number of thiazole rings is 1. The van der Waals surface area contributed by atoms with Crippen molar-refractivity contribution in [1.29, 1.82) is 5.26 Å². The van der Waals surface area contributed by atoms with Gasteiger partial charge in [-0.1, -0.05) is 23.5 Å². The van der Waals surface area contributed by atoms with Crippen LogP contribution in [0, 0.1) is 23.2 Å². The molecule has 1 aromatic carbocycles. The predicted molar refractivity (Wildman–Crippen MR) is 86.0 cm³/mol. The Kier molecular flexibility index (Phi) is 4.26. The fourth-order valence-electron chi connectivity index (χ4n) is 2.71. The van der Waals surface area contributed by atoms with E-state index in [0.717, 1.165) is 10.4 Å². The molecule has 118 valence electrons. The van der Waals surface area contributed by atoms with Crippen LogP contribution in [-0.2, 0) is 4.79 Å². The summed E-state index contributed by atoms with van der Waals surface area (Å²) in [7, 11) is 0. The maximum atomic E-state index is 13.0. The van der Waals surface area contributed by atoms with Crippen molar-refractivity contribution in [3.05, 3.63) is 36.3 Å². The number of carbonyl (C=O) groups excluding carboxylic acids is 1. The summed E-state index contributed by atoms with van der Waals surface area (Å²) in [4.78, 5) is 19.0. The largest absolute Gasteiger partial charge is 0.307 e. The van der Waals surface area contributed by atoms with Crippen molar-refractivity contribution in [3.63, 3.8) is 0 Å². The highest BCUT2D eigenvalue weighted by Gasteiger charge is 2.35. The van der Waals surface area contributed by atoms with Crippen LogP contribution in [0.25, 0.3) is 10.4 Å². The Bertz CT molecular complexity index is 752. The number of nitriles is 1. The third-order valence-electron chi connectivity index (χ3n) is 4.08. The molecule has 2 atom stereocenters. The average Bonchev–Trinajstić information content (AvgIpc) is 3.14. The Hall–Kier alpha value is -2.46. The maximum absolute atomic E-state index is 13.0. The van der Waals surface area contributed by atoms with Crippen LogP contribution in [0.5, 0.6) is 0 Å². The van der Waals surface area contributed by atoms with Gasteiger partial charge >= 0.3 is 0 Å². The third kappa shape index (κ3) is 3.17. The van der Waals surface area contributed by atoms with Gasteiger partial charge in [0.1, 0.15) is 5.82 Å². The lowest BCUT2D eigenvalue weighted by Crippen LogP contribution is -2.32. The minimum absolute atomic E-state index is 0.100. The zero-order chi connectivity index (χ0) is 16.4. The molecule has 1 aliphatic rings. The lowest BCUT2D eigenvalue weighted by Gasteiger charge is -2.18. The van der Waals surface area contributed by atoms with Crippen LogP contribution in [-0.4, -0.2) is 28.4 Å². The van der Waals surface area contributed by atoms with E-state index in [0.29, 0.717) is 18.1 Å². The van der Waals surface area contributed by atoms with Crippen molar-refractivity contribution >= 4 is 22.4 Å². The van der Waals surface area contributed by atoms with Gasteiger partial charge in [-0.2, -0.15) is 5.26 Å². The lowest BCUT2D eigenvalue weighted by molar-refractivity contribution is -0.120. The van der Waals surface area contributed by atoms with E-state index in [1.54, 1.807) is 23.2 Å². The van der Waals surface area contributed by atoms with Gasteiger partial charge in [-0.05, 0) is 31.0 Å². The number of halogens is 1. The van der Waals surface area contributed by atoms with Gasteiger partial charge in [-0.25, -0.2) is 9.37 Å². The normalized spacial score (nSPS) is 20.3. The molecule has 1 amide bonds. The molecule has 0 bridgehead atoms. The molecule has 1 saturated heterocycles. The van der Waals surface area contributed by atoms with Crippen molar-refractivity contribution in [1.82, 2.24) is 9.88 Å². The first kappa shape index (κ1) is 15.4.